The first-order valence-corrected chi connectivity index (χ1v) is 10.7. The number of nitrogens with one attached hydrogen (secondary N) is 1. The molecule has 1 heterocycles. The van der Waals surface area contributed by atoms with Crippen LogP contribution in [0.3, 0.4) is 0 Å². The summed E-state index contributed by atoms with van der Waals surface area (Å²) >= 11 is 12.4. The van der Waals surface area contributed by atoms with Crippen molar-refractivity contribution in [3.05, 3.63) is 46.4 Å². The van der Waals surface area contributed by atoms with Crippen molar-refractivity contribution >= 4 is 56.9 Å². The number of carboxylic acids is 2. The van der Waals surface area contributed by atoms with Crippen molar-refractivity contribution in [1.29, 1.82) is 0 Å². The van der Waals surface area contributed by atoms with E-state index in [4.69, 9.17) is 43.0 Å². The highest BCUT2D eigenvalue weighted by Crippen LogP contribution is 2.32. The second kappa shape index (κ2) is 12.0. The van der Waals surface area contributed by atoms with Gasteiger partial charge in [-0.1, -0.05) is 23.2 Å². The third-order valence-corrected chi connectivity index (χ3v) is 5.17. The Morgan fingerprint density at radius 2 is 1.50 bits per heavy atom. The van der Waals surface area contributed by atoms with Crippen LogP contribution in [-0.2, 0) is 16.1 Å². The topological polar surface area (TPSA) is 115 Å². The van der Waals surface area contributed by atoms with Gasteiger partial charge < -0.3 is 30.1 Å². The molecule has 0 aliphatic heterocycles. The summed E-state index contributed by atoms with van der Waals surface area (Å²) in [4.78, 5) is 20.4. The van der Waals surface area contributed by atoms with Crippen LogP contribution in [0.2, 0.25) is 10.0 Å². The number of rotatable bonds is 8. The quantitative estimate of drug-likeness (QED) is 0.287. The number of fused-ring (bicyclic) bond motifs is 3. The van der Waals surface area contributed by atoms with Crippen LogP contribution in [-0.4, -0.2) is 76.6 Å². The molecule has 0 saturated heterocycles. The van der Waals surface area contributed by atoms with E-state index < -0.39 is 18.0 Å². The normalized spacial score (nSPS) is 12.1. The molecule has 0 fully saturated rings. The van der Waals surface area contributed by atoms with Gasteiger partial charge in [-0.2, -0.15) is 0 Å². The van der Waals surface area contributed by atoms with Gasteiger partial charge in [0.15, 0.2) is 0 Å². The minimum absolute atomic E-state index is 0.473. The number of aliphatic hydroxyl groups excluding tert-OH is 1. The van der Waals surface area contributed by atoms with Crippen molar-refractivity contribution in [1.82, 2.24) is 14.8 Å². The molecule has 174 valence electrons. The largest absolute Gasteiger partial charge is 0.473 e. The van der Waals surface area contributed by atoms with Crippen molar-refractivity contribution in [2.24, 2.45) is 0 Å². The zero-order valence-electron chi connectivity index (χ0n) is 17.9. The lowest BCUT2D eigenvalue weighted by Gasteiger charge is -2.15. The third kappa shape index (κ3) is 7.36. The first-order valence-electron chi connectivity index (χ1n) is 9.97. The van der Waals surface area contributed by atoms with E-state index in [2.05, 4.69) is 28.9 Å². The zero-order chi connectivity index (χ0) is 23.8. The molecule has 3 aromatic rings. The summed E-state index contributed by atoms with van der Waals surface area (Å²) in [6.45, 7) is 3.02. The molecule has 1 aromatic heterocycles. The Kier molecular flexibility index (Phi) is 9.74. The van der Waals surface area contributed by atoms with Gasteiger partial charge in [-0.3, -0.25) is 0 Å². The molecule has 0 bridgehead atoms. The van der Waals surface area contributed by atoms with Gasteiger partial charge in [0, 0.05) is 38.4 Å². The van der Waals surface area contributed by atoms with Gasteiger partial charge in [0.1, 0.15) is 0 Å². The van der Waals surface area contributed by atoms with Crippen LogP contribution in [0.4, 0.5) is 0 Å². The van der Waals surface area contributed by atoms with E-state index in [9.17, 15) is 5.11 Å². The first-order chi connectivity index (χ1) is 15.1. The summed E-state index contributed by atoms with van der Waals surface area (Å²) in [6, 6.07) is 11.7. The molecule has 32 heavy (non-hydrogen) atoms. The Labute approximate surface area is 195 Å². The van der Waals surface area contributed by atoms with Gasteiger partial charge in [0.25, 0.3) is 0 Å². The predicted octanol–water partition coefficient (Wildman–Crippen LogP) is 3.16. The predicted molar refractivity (Wildman–Crippen MR) is 127 cm³/mol. The van der Waals surface area contributed by atoms with Crippen LogP contribution in [0, 0.1) is 0 Å². The molecular weight excluding hydrogens is 457 g/mol. The van der Waals surface area contributed by atoms with E-state index in [1.807, 2.05) is 36.4 Å². The second-order valence-electron chi connectivity index (χ2n) is 7.56. The fraction of sp³-hybridized carbons (Fsp3) is 0.364. The lowest BCUT2D eigenvalue weighted by atomic mass is 10.1. The number of carboxylic acid groups (broad SMARTS) is 2. The number of benzene rings is 2. The van der Waals surface area contributed by atoms with Gasteiger partial charge in [-0.05, 0) is 70.0 Å². The highest BCUT2D eigenvalue weighted by Gasteiger charge is 2.14. The van der Waals surface area contributed by atoms with E-state index in [1.165, 1.54) is 0 Å². The van der Waals surface area contributed by atoms with Crippen molar-refractivity contribution in [2.75, 3.05) is 33.7 Å². The number of aliphatic hydroxyl groups is 1. The molecule has 0 amide bonds. The minimum Gasteiger partial charge on any atom is -0.473 e. The number of hydrogen-bond acceptors (Lipinski definition) is 5. The standard InChI is InChI=1S/C20H25Cl2N3O.C2H2O4/c1-24(2)9-3-8-23-12-16(26)13-25-19-6-4-14(21)10-17(19)18-11-15(22)5-7-20(18)25;3-1(4)2(5)6/h4-7,10-11,16,23,26H,3,8-9,12-13H2,1-2H3;(H,3,4)(H,5,6). The number of aliphatic carboxylic acids is 2. The van der Waals surface area contributed by atoms with Gasteiger partial charge >= 0.3 is 11.9 Å². The van der Waals surface area contributed by atoms with Gasteiger partial charge in [-0.25, -0.2) is 9.59 Å². The molecule has 10 heteroatoms. The second-order valence-corrected chi connectivity index (χ2v) is 8.43. The zero-order valence-corrected chi connectivity index (χ0v) is 19.4. The summed E-state index contributed by atoms with van der Waals surface area (Å²) < 4.78 is 2.14. The minimum atomic E-state index is -1.82. The van der Waals surface area contributed by atoms with Gasteiger partial charge in [0.05, 0.1) is 12.6 Å². The Morgan fingerprint density at radius 1 is 1.00 bits per heavy atom. The van der Waals surface area contributed by atoms with Crippen LogP contribution in [0.5, 0.6) is 0 Å². The number of carbonyl (C=O) groups is 2. The summed E-state index contributed by atoms with van der Waals surface area (Å²) in [6.07, 6.45) is 0.589. The molecule has 0 saturated carbocycles. The van der Waals surface area contributed by atoms with Gasteiger partial charge in [0.2, 0.25) is 0 Å². The van der Waals surface area contributed by atoms with Crippen molar-refractivity contribution in [3.8, 4) is 0 Å². The molecule has 4 N–H and O–H groups in total. The van der Waals surface area contributed by atoms with E-state index in [1.54, 1.807) is 0 Å². The molecule has 0 radical (unpaired) electrons. The fourth-order valence-electron chi connectivity index (χ4n) is 3.31. The van der Waals surface area contributed by atoms with Crippen molar-refractivity contribution in [2.45, 2.75) is 19.1 Å². The van der Waals surface area contributed by atoms with E-state index in [0.29, 0.717) is 23.1 Å². The maximum Gasteiger partial charge on any atom is 0.414 e. The molecule has 1 atom stereocenters. The summed E-state index contributed by atoms with van der Waals surface area (Å²) in [5, 5.41) is 32.1. The lowest BCUT2D eigenvalue weighted by molar-refractivity contribution is -0.159. The lowest BCUT2D eigenvalue weighted by Crippen LogP contribution is -2.31. The molecule has 2 aromatic carbocycles. The highest BCUT2D eigenvalue weighted by atomic mass is 35.5. The average molecular weight is 484 g/mol. The summed E-state index contributed by atoms with van der Waals surface area (Å²) in [5.74, 6) is -3.65. The SMILES string of the molecule is CN(C)CCCNCC(O)Cn1c2ccc(Cl)cc2c2cc(Cl)ccc21.O=C(O)C(=O)O. The van der Waals surface area contributed by atoms with E-state index >= 15 is 0 Å². The first kappa shape index (κ1) is 25.9. The monoisotopic (exact) mass is 483 g/mol. The Bertz CT molecular complexity index is 1010. The molecule has 0 spiro atoms. The number of aromatic nitrogens is 1. The van der Waals surface area contributed by atoms with Crippen molar-refractivity contribution in [3.63, 3.8) is 0 Å². The summed E-state index contributed by atoms with van der Waals surface area (Å²) in [5.41, 5.74) is 2.11. The maximum atomic E-state index is 10.5. The number of nitrogens with zero attached hydrogens (tertiary/aromatic N) is 2. The van der Waals surface area contributed by atoms with Crippen molar-refractivity contribution < 1.29 is 24.9 Å². The molecule has 0 aliphatic rings. The number of halogens is 2. The average Bonchev–Trinajstić information content (AvgIpc) is 3.00. The Hall–Kier alpha value is -2.36. The van der Waals surface area contributed by atoms with Crippen LogP contribution >= 0.6 is 23.2 Å². The van der Waals surface area contributed by atoms with Crippen LogP contribution in [0.15, 0.2) is 36.4 Å². The Morgan fingerprint density at radius 3 is 1.94 bits per heavy atom. The highest BCUT2D eigenvalue weighted by molar-refractivity contribution is 6.33. The smallest absolute Gasteiger partial charge is 0.414 e. The Balaban J connectivity index is 0.000000534. The van der Waals surface area contributed by atoms with E-state index in [-0.39, 0.29) is 0 Å². The molecule has 0 aliphatic carbocycles. The summed E-state index contributed by atoms with van der Waals surface area (Å²) in [7, 11) is 4.13. The van der Waals surface area contributed by atoms with Crippen LogP contribution in [0.25, 0.3) is 21.8 Å². The number of hydrogen-bond donors (Lipinski definition) is 4. The molecule has 1 unspecified atom stereocenters. The van der Waals surface area contributed by atoms with Crippen LogP contribution in [0.1, 0.15) is 6.42 Å². The van der Waals surface area contributed by atoms with Gasteiger partial charge in [-0.15, -0.1) is 0 Å². The third-order valence-electron chi connectivity index (χ3n) is 4.70. The maximum absolute atomic E-state index is 10.5. The fourth-order valence-corrected chi connectivity index (χ4v) is 3.65. The molecular formula is C22H27Cl2N3O5. The molecule has 8 nitrogen and oxygen atoms in total. The van der Waals surface area contributed by atoms with E-state index in [0.717, 1.165) is 41.3 Å². The van der Waals surface area contributed by atoms with Crippen LogP contribution < -0.4 is 5.32 Å². The molecule has 3 rings (SSSR count).